The van der Waals surface area contributed by atoms with Gasteiger partial charge in [0.15, 0.2) is 0 Å². The summed E-state index contributed by atoms with van der Waals surface area (Å²) < 4.78 is 3.78. The molecule has 0 bridgehead atoms. The molecule has 94 valence electrons. The van der Waals surface area contributed by atoms with Crippen molar-refractivity contribution < 1.29 is 4.79 Å². The quantitative estimate of drug-likeness (QED) is 0.878. The van der Waals surface area contributed by atoms with Crippen molar-refractivity contribution in [3.8, 4) is 0 Å². The van der Waals surface area contributed by atoms with E-state index in [9.17, 15) is 4.79 Å². The molecule has 3 N–H and O–H groups in total. The largest absolute Gasteiger partial charge is 0.397 e. The molecule has 0 spiro atoms. The predicted octanol–water partition coefficient (Wildman–Crippen LogP) is 1.64. The van der Waals surface area contributed by atoms with E-state index in [0.717, 1.165) is 17.1 Å². The number of nitrogens with two attached hydrogens (primary N) is 1. The number of hydrogen-bond donors (Lipinski definition) is 2. The minimum Gasteiger partial charge on any atom is -0.397 e. The van der Waals surface area contributed by atoms with Crippen molar-refractivity contribution in [2.45, 2.75) is 20.3 Å². The van der Waals surface area contributed by atoms with Gasteiger partial charge in [0.1, 0.15) is 10.7 Å². The zero-order chi connectivity index (χ0) is 13.1. The van der Waals surface area contributed by atoms with Gasteiger partial charge in [-0.05, 0) is 36.5 Å². The molecule has 0 radical (unpaired) electrons. The monoisotopic (exact) mass is 263 g/mol. The molecule has 2 rings (SSSR count). The highest BCUT2D eigenvalue weighted by Gasteiger charge is 2.15. The summed E-state index contributed by atoms with van der Waals surface area (Å²) in [6.45, 7) is 3.79. The lowest BCUT2D eigenvalue weighted by molar-refractivity contribution is 0.102. The molecule has 0 aliphatic carbocycles. The molecule has 0 atom stereocenters. The Labute approximate surface area is 108 Å². The molecule has 0 fully saturated rings. The van der Waals surface area contributed by atoms with Gasteiger partial charge >= 0.3 is 0 Å². The number of amides is 1. The molecule has 2 aromatic heterocycles. The standard InChI is InChI=1S/C11H13N5OS/c1-3-8-10(18-16-15-8)11(17)14-9-4-6(2)7(12)5-13-9/h4-5H,3,12H2,1-2H3,(H,13,14,17). The lowest BCUT2D eigenvalue weighted by Crippen LogP contribution is -2.13. The van der Waals surface area contributed by atoms with E-state index >= 15 is 0 Å². The zero-order valence-corrected chi connectivity index (χ0v) is 10.9. The van der Waals surface area contributed by atoms with Gasteiger partial charge in [0.05, 0.1) is 17.6 Å². The molecule has 6 nitrogen and oxygen atoms in total. The van der Waals surface area contributed by atoms with Crippen LogP contribution in [0.1, 0.15) is 27.9 Å². The second-order valence-electron chi connectivity index (χ2n) is 3.78. The lowest BCUT2D eigenvalue weighted by Gasteiger charge is -2.05. The van der Waals surface area contributed by atoms with Gasteiger partial charge in [-0.2, -0.15) is 0 Å². The summed E-state index contributed by atoms with van der Waals surface area (Å²) in [4.78, 5) is 16.6. The molecule has 2 heterocycles. The molecule has 1 amide bonds. The third-order valence-electron chi connectivity index (χ3n) is 2.49. The highest BCUT2D eigenvalue weighted by atomic mass is 32.1. The van der Waals surface area contributed by atoms with Crippen LogP contribution in [-0.4, -0.2) is 20.5 Å². The number of hydrogen-bond acceptors (Lipinski definition) is 6. The maximum absolute atomic E-state index is 12.0. The van der Waals surface area contributed by atoms with Crippen LogP contribution in [0.15, 0.2) is 12.3 Å². The van der Waals surface area contributed by atoms with Crippen LogP contribution in [0.2, 0.25) is 0 Å². The zero-order valence-electron chi connectivity index (χ0n) is 10.1. The summed E-state index contributed by atoms with van der Waals surface area (Å²) in [6.07, 6.45) is 2.20. The van der Waals surface area contributed by atoms with Crippen LogP contribution in [0.5, 0.6) is 0 Å². The van der Waals surface area contributed by atoms with Crippen LogP contribution in [0.4, 0.5) is 11.5 Å². The van der Waals surface area contributed by atoms with Crippen LogP contribution in [-0.2, 0) is 6.42 Å². The van der Waals surface area contributed by atoms with E-state index < -0.39 is 0 Å². The second-order valence-corrected chi connectivity index (χ2v) is 4.54. The normalized spacial score (nSPS) is 10.3. The van der Waals surface area contributed by atoms with E-state index in [-0.39, 0.29) is 5.91 Å². The Balaban J connectivity index is 2.19. The van der Waals surface area contributed by atoms with Crippen LogP contribution in [0, 0.1) is 6.92 Å². The maximum atomic E-state index is 12.0. The van der Waals surface area contributed by atoms with Crippen LogP contribution < -0.4 is 11.1 Å². The van der Waals surface area contributed by atoms with Gasteiger partial charge in [0.25, 0.3) is 5.91 Å². The van der Waals surface area contributed by atoms with E-state index in [1.165, 1.54) is 6.20 Å². The smallest absolute Gasteiger partial charge is 0.270 e. The summed E-state index contributed by atoms with van der Waals surface area (Å²) in [5.74, 6) is 0.237. The Kier molecular flexibility index (Phi) is 3.52. The number of carbonyl (C=O) groups is 1. The highest BCUT2D eigenvalue weighted by Crippen LogP contribution is 2.16. The van der Waals surface area contributed by atoms with E-state index in [1.807, 2.05) is 13.8 Å². The number of rotatable bonds is 3. The number of pyridine rings is 1. The van der Waals surface area contributed by atoms with Crippen molar-refractivity contribution in [1.29, 1.82) is 0 Å². The Morgan fingerprint density at radius 2 is 2.33 bits per heavy atom. The second kappa shape index (κ2) is 5.09. The first kappa shape index (κ1) is 12.4. The van der Waals surface area contributed by atoms with Gasteiger partial charge in [-0.15, -0.1) is 5.10 Å². The first-order valence-electron chi connectivity index (χ1n) is 5.46. The van der Waals surface area contributed by atoms with Gasteiger partial charge in [0.2, 0.25) is 0 Å². The fourth-order valence-electron chi connectivity index (χ4n) is 1.42. The number of nitrogens with one attached hydrogen (secondary N) is 1. The Morgan fingerprint density at radius 3 is 3.00 bits per heavy atom. The SMILES string of the molecule is CCc1nnsc1C(=O)Nc1cc(C)c(N)cn1. The fourth-order valence-corrected chi connectivity index (χ4v) is 2.07. The molecule has 0 aliphatic heterocycles. The molecular weight excluding hydrogens is 250 g/mol. The first-order chi connectivity index (χ1) is 8.61. The van der Waals surface area contributed by atoms with Gasteiger partial charge in [0, 0.05) is 0 Å². The number of anilines is 2. The van der Waals surface area contributed by atoms with Crippen LogP contribution in [0.25, 0.3) is 0 Å². The Bertz CT molecular complexity index is 581. The molecule has 0 saturated carbocycles. The number of aryl methyl sites for hydroxylation is 2. The van der Waals surface area contributed by atoms with Gasteiger partial charge in [-0.1, -0.05) is 11.4 Å². The molecule has 18 heavy (non-hydrogen) atoms. The summed E-state index contributed by atoms with van der Waals surface area (Å²) >= 11 is 1.08. The van der Waals surface area contributed by atoms with Crippen LogP contribution >= 0.6 is 11.5 Å². The van der Waals surface area contributed by atoms with E-state index in [4.69, 9.17) is 5.73 Å². The third-order valence-corrected chi connectivity index (χ3v) is 3.26. The topological polar surface area (TPSA) is 93.8 Å². The summed E-state index contributed by atoms with van der Waals surface area (Å²) in [5, 5.41) is 6.61. The molecule has 7 heteroatoms. The summed E-state index contributed by atoms with van der Waals surface area (Å²) in [5.41, 5.74) is 7.84. The van der Waals surface area contributed by atoms with Crippen molar-refractivity contribution in [3.05, 3.63) is 28.4 Å². The van der Waals surface area contributed by atoms with Crippen molar-refractivity contribution in [2.24, 2.45) is 0 Å². The highest BCUT2D eigenvalue weighted by molar-refractivity contribution is 7.08. The maximum Gasteiger partial charge on any atom is 0.270 e. The average Bonchev–Trinajstić information content (AvgIpc) is 2.82. The average molecular weight is 263 g/mol. The minimum atomic E-state index is -0.237. The first-order valence-corrected chi connectivity index (χ1v) is 6.23. The number of aromatic nitrogens is 3. The molecule has 0 aromatic carbocycles. The number of carbonyl (C=O) groups excluding carboxylic acids is 1. The summed E-state index contributed by atoms with van der Waals surface area (Å²) in [6, 6.07) is 1.73. The minimum absolute atomic E-state index is 0.237. The van der Waals surface area contributed by atoms with Gasteiger partial charge in [-0.3, -0.25) is 4.79 Å². The number of nitrogen functional groups attached to an aromatic ring is 1. The summed E-state index contributed by atoms with van der Waals surface area (Å²) in [7, 11) is 0. The molecule has 0 unspecified atom stereocenters. The van der Waals surface area contributed by atoms with Crippen LogP contribution in [0.3, 0.4) is 0 Å². The van der Waals surface area contributed by atoms with Gasteiger partial charge in [-0.25, -0.2) is 4.98 Å². The van der Waals surface area contributed by atoms with E-state index in [2.05, 4.69) is 19.9 Å². The van der Waals surface area contributed by atoms with Gasteiger partial charge < -0.3 is 11.1 Å². The molecule has 0 aliphatic rings. The molecule has 0 saturated heterocycles. The fraction of sp³-hybridized carbons (Fsp3) is 0.273. The van der Waals surface area contributed by atoms with Crippen molar-refractivity contribution >= 4 is 28.9 Å². The molecule has 2 aromatic rings. The third kappa shape index (κ3) is 2.45. The number of nitrogens with zero attached hydrogens (tertiary/aromatic N) is 3. The van der Waals surface area contributed by atoms with E-state index in [0.29, 0.717) is 28.5 Å². The van der Waals surface area contributed by atoms with Crippen molar-refractivity contribution in [2.75, 3.05) is 11.1 Å². The Morgan fingerprint density at radius 1 is 1.56 bits per heavy atom. The van der Waals surface area contributed by atoms with Crippen molar-refractivity contribution in [1.82, 2.24) is 14.6 Å². The van der Waals surface area contributed by atoms with E-state index in [1.54, 1.807) is 6.07 Å². The predicted molar refractivity (Wildman–Crippen MR) is 70.6 cm³/mol. The lowest BCUT2D eigenvalue weighted by atomic mass is 10.2. The van der Waals surface area contributed by atoms with Crippen molar-refractivity contribution in [3.63, 3.8) is 0 Å². The molecular formula is C11H13N5OS. The Hall–Kier alpha value is -2.02.